The van der Waals surface area contributed by atoms with E-state index in [9.17, 15) is 4.79 Å². The summed E-state index contributed by atoms with van der Waals surface area (Å²) in [5.41, 5.74) is 1.29. The third-order valence-electron chi connectivity index (χ3n) is 4.90. The molecule has 2 N–H and O–H groups in total. The Kier molecular flexibility index (Phi) is 4.98. The molecule has 0 saturated carbocycles. The average molecular weight is 301 g/mol. The van der Waals surface area contributed by atoms with Gasteiger partial charge in [-0.05, 0) is 43.9 Å². The van der Waals surface area contributed by atoms with Gasteiger partial charge in [-0.3, -0.25) is 4.79 Å². The Labute approximate surface area is 133 Å². The van der Waals surface area contributed by atoms with Gasteiger partial charge in [0.05, 0.1) is 5.92 Å². The first kappa shape index (κ1) is 15.3. The number of carbonyl (C=O) groups excluding carboxylic acids is 1. The van der Waals surface area contributed by atoms with Crippen LogP contribution in [-0.2, 0) is 4.79 Å². The molecule has 120 valence electrons. The average Bonchev–Trinajstić information content (AvgIpc) is 2.56. The molecule has 1 aromatic rings. The van der Waals surface area contributed by atoms with Crippen molar-refractivity contribution in [1.29, 1.82) is 0 Å². The fourth-order valence-corrected chi connectivity index (χ4v) is 3.60. The molecular weight excluding hydrogens is 274 g/mol. The number of anilines is 1. The van der Waals surface area contributed by atoms with Crippen LogP contribution in [0.2, 0.25) is 0 Å². The molecule has 2 unspecified atom stereocenters. The molecule has 22 heavy (non-hydrogen) atoms. The molecule has 1 amide bonds. The van der Waals surface area contributed by atoms with Crippen molar-refractivity contribution in [3.05, 3.63) is 30.3 Å². The monoisotopic (exact) mass is 301 g/mol. The van der Waals surface area contributed by atoms with Crippen LogP contribution in [0.1, 0.15) is 26.2 Å². The van der Waals surface area contributed by atoms with Crippen LogP contribution in [-0.4, -0.2) is 38.1 Å². The molecule has 3 rings (SSSR count). The molecule has 1 aromatic carbocycles. The first-order valence-electron chi connectivity index (χ1n) is 8.53. The predicted octanol–water partition coefficient (Wildman–Crippen LogP) is 2.02. The minimum atomic E-state index is 0.149. The maximum Gasteiger partial charge on any atom is 0.224 e. The van der Waals surface area contributed by atoms with Gasteiger partial charge in [0.15, 0.2) is 0 Å². The SMILES string of the molecule is CC1CNCC(C(=O)NC2CCN(c3ccccc3)CC2)C1. The molecule has 2 heterocycles. The Balaban J connectivity index is 1.46. The minimum absolute atomic E-state index is 0.149. The van der Waals surface area contributed by atoms with Crippen molar-refractivity contribution in [2.75, 3.05) is 31.1 Å². The zero-order valence-electron chi connectivity index (χ0n) is 13.4. The van der Waals surface area contributed by atoms with Crippen molar-refractivity contribution in [3.63, 3.8) is 0 Å². The van der Waals surface area contributed by atoms with E-state index in [0.29, 0.717) is 12.0 Å². The zero-order chi connectivity index (χ0) is 15.4. The van der Waals surface area contributed by atoms with E-state index in [1.165, 1.54) is 5.69 Å². The molecule has 0 aliphatic carbocycles. The summed E-state index contributed by atoms with van der Waals surface area (Å²) in [6.45, 7) is 6.13. The standard InChI is InChI=1S/C18H27N3O/c1-14-11-15(13-19-12-14)18(22)20-16-7-9-21(10-8-16)17-5-3-2-4-6-17/h2-6,14-16,19H,7-13H2,1H3,(H,20,22). The highest BCUT2D eigenvalue weighted by Crippen LogP contribution is 2.21. The van der Waals surface area contributed by atoms with E-state index in [2.05, 4.69) is 52.8 Å². The number of piperidine rings is 2. The largest absolute Gasteiger partial charge is 0.371 e. The van der Waals surface area contributed by atoms with Gasteiger partial charge in [-0.1, -0.05) is 25.1 Å². The van der Waals surface area contributed by atoms with E-state index < -0.39 is 0 Å². The van der Waals surface area contributed by atoms with Crippen LogP contribution in [0.3, 0.4) is 0 Å². The lowest BCUT2D eigenvalue weighted by Gasteiger charge is -2.35. The first-order valence-corrected chi connectivity index (χ1v) is 8.53. The van der Waals surface area contributed by atoms with Gasteiger partial charge in [0.25, 0.3) is 0 Å². The second kappa shape index (κ2) is 7.14. The molecule has 2 saturated heterocycles. The molecule has 0 spiro atoms. The van der Waals surface area contributed by atoms with Crippen LogP contribution in [0.5, 0.6) is 0 Å². The Bertz CT molecular complexity index is 482. The molecule has 4 heteroatoms. The highest BCUT2D eigenvalue weighted by atomic mass is 16.2. The fourth-order valence-electron chi connectivity index (χ4n) is 3.60. The van der Waals surface area contributed by atoms with Crippen LogP contribution in [0.25, 0.3) is 0 Å². The van der Waals surface area contributed by atoms with E-state index in [1.54, 1.807) is 0 Å². The predicted molar refractivity (Wildman–Crippen MR) is 90.0 cm³/mol. The molecule has 4 nitrogen and oxygen atoms in total. The maximum absolute atomic E-state index is 12.4. The van der Waals surface area contributed by atoms with Crippen LogP contribution in [0.15, 0.2) is 30.3 Å². The molecular formula is C18H27N3O. The number of amides is 1. The number of rotatable bonds is 3. The third kappa shape index (κ3) is 3.80. The van der Waals surface area contributed by atoms with Gasteiger partial charge in [-0.2, -0.15) is 0 Å². The summed E-state index contributed by atoms with van der Waals surface area (Å²) >= 11 is 0. The number of carbonyl (C=O) groups is 1. The Morgan fingerprint density at radius 2 is 1.91 bits per heavy atom. The lowest BCUT2D eigenvalue weighted by Crippen LogP contribution is -2.49. The summed E-state index contributed by atoms with van der Waals surface area (Å²) in [6, 6.07) is 10.9. The number of hydrogen-bond acceptors (Lipinski definition) is 3. The normalized spacial score (nSPS) is 26.7. The number of hydrogen-bond donors (Lipinski definition) is 2. The van der Waals surface area contributed by atoms with Gasteiger partial charge in [0.1, 0.15) is 0 Å². The van der Waals surface area contributed by atoms with E-state index in [-0.39, 0.29) is 11.8 Å². The number of benzene rings is 1. The lowest BCUT2D eigenvalue weighted by molar-refractivity contribution is -0.126. The second-order valence-electron chi connectivity index (χ2n) is 6.80. The summed E-state index contributed by atoms with van der Waals surface area (Å²) in [6.07, 6.45) is 3.09. The first-order chi connectivity index (χ1) is 10.7. The van der Waals surface area contributed by atoms with Gasteiger partial charge in [0.2, 0.25) is 5.91 Å². The molecule has 0 aromatic heterocycles. The number of para-hydroxylation sites is 1. The Hall–Kier alpha value is -1.55. The van der Waals surface area contributed by atoms with Crippen LogP contribution >= 0.6 is 0 Å². The van der Waals surface area contributed by atoms with E-state index >= 15 is 0 Å². The van der Waals surface area contributed by atoms with Crippen molar-refractivity contribution in [2.24, 2.45) is 11.8 Å². The summed E-state index contributed by atoms with van der Waals surface area (Å²) in [7, 11) is 0. The van der Waals surface area contributed by atoms with E-state index in [4.69, 9.17) is 0 Å². The fraction of sp³-hybridized carbons (Fsp3) is 0.611. The summed E-state index contributed by atoms with van der Waals surface area (Å²) in [5.74, 6) is 0.998. The van der Waals surface area contributed by atoms with Gasteiger partial charge in [-0.15, -0.1) is 0 Å². The van der Waals surface area contributed by atoms with Crippen LogP contribution in [0, 0.1) is 11.8 Å². The molecule has 2 aliphatic heterocycles. The number of nitrogens with zero attached hydrogens (tertiary/aromatic N) is 1. The lowest BCUT2D eigenvalue weighted by atomic mass is 9.90. The maximum atomic E-state index is 12.4. The van der Waals surface area contributed by atoms with Gasteiger partial charge >= 0.3 is 0 Å². The van der Waals surface area contributed by atoms with Crippen molar-refractivity contribution in [2.45, 2.75) is 32.2 Å². The molecule has 0 radical (unpaired) electrons. The highest BCUT2D eigenvalue weighted by molar-refractivity contribution is 5.79. The van der Waals surface area contributed by atoms with Crippen LogP contribution in [0.4, 0.5) is 5.69 Å². The quantitative estimate of drug-likeness (QED) is 0.898. The van der Waals surface area contributed by atoms with Crippen molar-refractivity contribution in [3.8, 4) is 0 Å². The van der Waals surface area contributed by atoms with Gasteiger partial charge < -0.3 is 15.5 Å². The van der Waals surface area contributed by atoms with Crippen molar-refractivity contribution >= 4 is 11.6 Å². The van der Waals surface area contributed by atoms with Gasteiger partial charge in [0, 0.05) is 31.4 Å². The molecule has 2 atom stereocenters. The zero-order valence-corrected chi connectivity index (χ0v) is 13.4. The second-order valence-corrected chi connectivity index (χ2v) is 6.80. The molecule has 2 fully saturated rings. The molecule has 2 aliphatic rings. The van der Waals surface area contributed by atoms with Crippen molar-refractivity contribution in [1.82, 2.24) is 10.6 Å². The smallest absolute Gasteiger partial charge is 0.224 e. The third-order valence-corrected chi connectivity index (χ3v) is 4.90. The summed E-state index contributed by atoms with van der Waals surface area (Å²) in [4.78, 5) is 14.8. The van der Waals surface area contributed by atoms with E-state index in [1.807, 2.05) is 0 Å². The van der Waals surface area contributed by atoms with Crippen molar-refractivity contribution < 1.29 is 4.79 Å². The Morgan fingerprint density at radius 3 is 2.59 bits per heavy atom. The minimum Gasteiger partial charge on any atom is -0.371 e. The van der Waals surface area contributed by atoms with Crippen LogP contribution < -0.4 is 15.5 Å². The summed E-state index contributed by atoms with van der Waals surface area (Å²) < 4.78 is 0. The van der Waals surface area contributed by atoms with E-state index in [0.717, 1.165) is 45.4 Å². The molecule has 0 bridgehead atoms. The van der Waals surface area contributed by atoms with Gasteiger partial charge in [-0.25, -0.2) is 0 Å². The topological polar surface area (TPSA) is 44.4 Å². The Morgan fingerprint density at radius 1 is 1.18 bits per heavy atom. The summed E-state index contributed by atoms with van der Waals surface area (Å²) in [5, 5.41) is 6.64. The number of nitrogens with one attached hydrogen (secondary N) is 2. The highest BCUT2D eigenvalue weighted by Gasteiger charge is 2.27.